The van der Waals surface area contributed by atoms with Gasteiger partial charge in [0, 0.05) is 0 Å². The molecule has 1 aromatic rings. The molecule has 0 atom stereocenters. The van der Waals surface area contributed by atoms with Crippen LogP contribution in [-0.2, 0) is 9.47 Å². The molecule has 0 N–H and O–H groups in total. The van der Waals surface area contributed by atoms with Crippen molar-refractivity contribution < 1.29 is 14.3 Å². The van der Waals surface area contributed by atoms with Crippen LogP contribution in [0.15, 0.2) is 18.2 Å². The highest BCUT2D eigenvalue weighted by atomic mass is 35.5. The van der Waals surface area contributed by atoms with E-state index in [1.807, 2.05) is 19.9 Å². The summed E-state index contributed by atoms with van der Waals surface area (Å²) in [6.07, 6.45) is 2.72. The molecule has 5 heteroatoms. The molecule has 0 aliphatic carbocycles. The average molecular weight is 312 g/mol. The molecule has 0 spiro atoms. The van der Waals surface area contributed by atoms with E-state index in [2.05, 4.69) is 4.98 Å². The third kappa shape index (κ3) is 5.38. The Bertz CT molecular complexity index is 533. The van der Waals surface area contributed by atoms with E-state index in [0.717, 1.165) is 6.42 Å². The molecule has 0 bridgehead atoms. The summed E-state index contributed by atoms with van der Waals surface area (Å²) in [7, 11) is 0. The Balaban J connectivity index is 2.97. The molecule has 1 rings (SSSR count). The molecular weight excluding hydrogens is 290 g/mol. The number of ether oxygens (including phenoxy) is 2. The molecule has 1 heterocycles. The van der Waals surface area contributed by atoms with Gasteiger partial charge in [0.2, 0.25) is 0 Å². The van der Waals surface area contributed by atoms with Gasteiger partial charge in [0.05, 0.1) is 12.2 Å². The first-order chi connectivity index (χ1) is 9.78. The molecule has 21 heavy (non-hydrogen) atoms. The number of pyridine rings is 1. The number of rotatable bonds is 5. The maximum absolute atomic E-state index is 12.0. The van der Waals surface area contributed by atoms with E-state index in [4.69, 9.17) is 21.1 Å². The minimum absolute atomic E-state index is 0.112. The molecule has 0 unspecified atom stereocenters. The van der Waals surface area contributed by atoms with Gasteiger partial charge in [-0.1, -0.05) is 18.5 Å². The standard InChI is InChI=1S/C16H22ClNO3/c1-6-10-20-13(7-2)12-9-8-11(14(17)18-12)15(19)21-16(3,4)5/h7-9H,6,10H2,1-5H3/b13-7-. The summed E-state index contributed by atoms with van der Waals surface area (Å²) in [6, 6.07) is 3.31. The minimum atomic E-state index is -0.572. The lowest BCUT2D eigenvalue weighted by Crippen LogP contribution is -2.24. The van der Waals surface area contributed by atoms with E-state index < -0.39 is 11.6 Å². The Morgan fingerprint density at radius 1 is 1.38 bits per heavy atom. The summed E-state index contributed by atoms with van der Waals surface area (Å²) in [5, 5.41) is 0.112. The number of halogens is 1. The van der Waals surface area contributed by atoms with Crippen molar-refractivity contribution in [3.05, 3.63) is 34.6 Å². The minimum Gasteiger partial charge on any atom is -0.492 e. The highest BCUT2D eigenvalue weighted by Crippen LogP contribution is 2.22. The van der Waals surface area contributed by atoms with Gasteiger partial charge in [0.15, 0.2) is 0 Å². The maximum atomic E-state index is 12.0. The first-order valence-electron chi connectivity index (χ1n) is 6.98. The van der Waals surface area contributed by atoms with Crippen LogP contribution in [0.4, 0.5) is 0 Å². The zero-order valence-corrected chi connectivity index (χ0v) is 14.0. The van der Waals surface area contributed by atoms with Crippen molar-refractivity contribution in [1.29, 1.82) is 0 Å². The number of carbonyl (C=O) groups excluding carboxylic acids is 1. The second-order valence-corrected chi connectivity index (χ2v) is 5.90. The average Bonchev–Trinajstić information content (AvgIpc) is 2.37. The number of hydrogen-bond donors (Lipinski definition) is 0. The summed E-state index contributed by atoms with van der Waals surface area (Å²) in [4.78, 5) is 16.2. The third-order valence-corrected chi connectivity index (χ3v) is 2.73. The van der Waals surface area contributed by atoms with Gasteiger partial charge >= 0.3 is 5.97 Å². The molecule has 0 amide bonds. The molecule has 0 aromatic carbocycles. The van der Waals surface area contributed by atoms with Crippen molar-refractivity contribution in [1.82, 2.24) is 4.98 Å². The second kappa shape index (κ2) is 7.46. The predicted molar refractivity (Wildman–Crippen MR) is 84.3 cm³/mol. The van der Waals surface area contributed by atoms with Gasteiger partial charge in [-0.25, -0.2) is 9.78 Å². The fourth-order valence-electron chi connectivity index (χ4n) is 1.57. The molecule has 0 saturated heterocycles. The first-order valence-corrected chi connectivity index (χ1v) is 7.35. The fraction of sp³-hybridized carbons (Fsp3) is 0.500. The molecular formula is C16H22ClNO3. The van der Waals surface area contributed by atoms with E-state index in [-0.39, 0.29) is 10.7 Å². The van der Waals surface area contributed by atoms with Crippen molar-refractivity contribution in [2.45, 2.75) is 46.6 Å². The van der Waals surface area contributed by atoms with Gasteiger partial charge in [-0.3, -0.25) is 0 Å². The summed E-state index contributed by atoms with van der Waals surface area (Å²) in [6.45, 7) is 9.90. The topological polar surface area (TPSA) is 48.4 Å². The Morgan fingerprint density at radius 3 is 2.52 bits per heavy atom. The van der Waals surface area contributed by atoms with Crippen LogP contribution in [-0.4, -0.2) is 23.2 Å². The summed E-state index contributed by atoms with van der Waals surface area (Å²) in [5.74, 6) is 0.164. The van der Waals surface area contributed by atoms with Crippen molar-refractivity contribution in [3.8, 4) is 0 Å². The van der Waals surface area contributed by atoms with Crippen molar-refractivity contribution in [2.75, 3.05) is 6.61 Å². The normalized spacial score (nSPS) is 12.2. The smallest absolute Gasteiger partial charge is 0.341 e. The van der Waals surface area contributed by atoms with Crippen LogP contribution in [0.5, 0.6) is 0 Å². The largest absolute Gasteiger partial charge is 0.492 e. The Kier molecular flexibility index (Phi) is 6.21. The Hall–Kier alpha value is -1.55. The highest BCUT2D eigenvalue weighted by Gasteiger charge is 2.21. The Labute approximate surface area is 131 Å². The van der Waals surface area contributed by atoms with Gasteiger partial charge < -0.3 is 9.47 Å². The predicted octanol–water partition coefficient (Wildman–Crippen LogP) is 4.48. The lowest BCUT2D eigenvalue weighted by atomic mass is 10.2. The summed E-state index contributed by atoms with van der Waals surface area (Å²) >= 11 is 6.09. The van der Waals surface area contributed by atoms with Crippen LogP contribution in [0.25, 0.3) is 5.76 Å². The van der Waals surface area contributed by atoms with Crippen molar-refractivity contribution >= 4 is 23.3 Å². The van der Waals surface area contributed by atoms with E-state index in [1.54, 1.807) is 32.9 Å². The molecule has 0 aliphatic heterocycles. The number of nitrogens with zero attached hydrogens (tertiary/aromatic N) is 1. The lowest BCUT2D eigenvalue weighted by Gasteiger charge is -2.19. The number of allylic oxidation sites excluding steroid dienone is 1. The zero-order chi connectivity index (χ0) is 16.0. The molecule has 116 valence electrons. The quantitative estimate of drug-likeness (QED) is 0.457. The van der Waals surface area contributed by atoms with Gasteiger partial charge in [-0.05, 0) is 52.3 Å². The molecule has 1 aromatic heterocycles. The van der Waals surface area contributed by atoms with Crippen LogP contribution >= 0.6 is 11.6 Å². The van der Waals surface area contributed by atoms with E-state index in [0.29, 0.717) is 18.1 Å². The lowest BCUT2D eigenvalue weighted by molar-refractivity contribution is 0.00693. The molecule has 0 radical (unpaired) electrons. The zero-order valence-electron chi connectivity index (χ0n) is 13.2. The maximum Gasteiger partial charge on any atom is 0.341 e. The monoisotopic (exact) mass is 311 g/mol. The fourth-order valence-corrected chi connectivity index (χ4v) is 1.81. The number of aromatic nitrogens is 1. The summed E-state index contributed by atoms with van der Waals surface area (Å²) in [5.41, 5.74) is 0.280. The molecule has 4 nitrogen and oxygen atoms in total. The van der Waals surface area contributed by atoms with Gasteiger partial charge in [-0.15, -0.1) is 0 Å². The number of hydrogen-bond acceptors (Lipinski definition) is 4. The number of esters is 1. The molecule has 0 aliphatic rings. The highest BCUT2D eigenvalue weighted by molar-refractivity contribution is 6.32. The molecule has 0 saturated carbocycles. The van der Waals surface area contributed by atoms with Gasteiger partial charge in [0.1, 0.15) is 22.2 Å². The van der Waals surface area contributed by atoms with Crippen LogP contribution < -0.4 is 0 Å². The Morgan fingerprint density at radius 2 is 2.05 bits per heavy atom. The second-order valence-electron chi connectivity index (χ2n) is 5.54. The SMILES string of the molecule is C/C=C(\OCCC)c1ccc(C(=O)OC(C)(C)C)c(Cl)n1. The number of carbonyl (C=O) groups is 1. The van der Waals surface area contributed by atoms with Crippen LogP contribution in [0.2, 0.25) is 5.15 Å². The summed E-state index contributed by atoms with van der Waals surface area (Å²) < 4.78 is 10.9. The third-order valence-electron chi connectivity index (χ3n) is 2.44. The van der Waals surface area contributed by atoms with Crippen LogP contribution in [0, 0.1) is 0 Å². The van der Waals surface area contributed by atoms with E-state index in [9.17, 15) is 4.79 Å². The van der Waals surface area contributed by atoms with Crippen molar-refractivity contribution in [2.24, 2.45) is 0 Å². The van der Waals surface area contributed by atoms with Crippen LogP contribution in [0.1, 0.15) is 57.1 Å². The van der Waals surface area contributed by atoms with Crippen molar-refractivity contribution in [3.63, 3.8) is 0 Å². The van der Waals surface area contributed by atoms with Gasteiger partial charge in [-0.2, -0.15) is 0 Å². The van der Waals surface area contributed by atoms with Crippen LogP contribution in [0.3, 0.4) is 0 Å². The van der Waals surface area contributed by atoms with E-state index >= 15 is 0 Å². The van der Waals surface area contributed by atoms with Gasteiger partial charge in [0.25, 0.3) is 0 Å². The first kappa shape index (κ1) is 17.5. The molecule has 0 fully saturated rings. The van der Waals surface area contributed by atoms with E-state index in [1.165, 1.54) is 0 Å².